The van der Waals surface area contributed by atoms with Gasteiger partial charge in [0.05, 0.1) is 4.88 Å². The van der Waals surface area contributed by atoms with Gasteiger partial charge in [-0.2, -0.15) is 0 Å². The number of hydrogen-bond acceptors (Lipinski definition) is 5. The Morgan fingerprint density at radius 1 is 0.811 bits per heavy atom. The highest BCUT2D eigenvalue weighted by molar-refractivity contribution is 9.10. The van der Waals surface area contributed by atoms with E-state index in [1.807, 2.05) is 34.1 Å². The highest BCUT2D eigenvalue weighted by Gasteiger charge is 2.19. The van der Waals surface area contributed by atoms with Gasteiger partial charge in [-0.1, -0.05) is 63.3 Å². The summed E-state index contributed by atoms with van der Waals surface area (Å²) in [7, 11) is 0. The van der Waals surface area contributed by atoms with Gasteiger partial charge in [-0.05, 0) is 85.5 Å². The molecule has 0 saturated carbocycles. The van der Waals surface area contributed by atoms with Crippen LogP contribution in [0.4, 0.5) is 0 Å². The Morgan fingerprint density at radius 2 is 1.57 bits per heavy atom. The first-order chi connectivity index (χ1) is 18.0. The summed E-state index contributed by atoms with van der Waals surface area (Å²) in [4.78, 5) is 6.03. The number of halogens is 2. The van der Waals surface area contributed by atoms with Crippen LogP contribution in [0.5, 0.6) is 0 Å². The van der Waals surface area contributed by atoms with Crippen LogP contribution >= 0.6 is 77.2 Å². The summed E-state index contributed by atoms with van der Waals surface area (Å²) in [6.07, 6.45) is 9.63. The van der Waals surface area contributed by atoms with Crippen LogP contribution < -0.4 is 0 Å². The summed E-state index contributed by atoms with van der Waals surface area (Å²) in [5.41, 5.74) is 2.75. The molecule has 5 aromatic rings. The molecule has 1 unspecified atom stereocenters. The fraction of sp³-hybridized carbons (Fsp3) is 0.333. The van der Waals surface area contributed by atoms with E-state index in [4.69, 9.17) is 0 Å². The zero-order valence-corrected chi connectivity index (χ0v) is 27.2. The summed E-state index contributed by atoms with van der Waals surface area (Å²) in [5.74, 6) is 0. The number of rotatable bonds is 12. The maximum atomic E-state index is 10.8. The monoisotopic (exact) mass is 692 g/mol. The average Bonchev–Trinajstić information content (AvgIpc) is 3.66. The third-order valence-corrected chi connectivity index (χ3v) is 13.0. The average molecular weight is 695 g/mol. The van der Waals surface area contributed by atoms with Crippen LogP contribution in [0.3, 0.4) is 0 Å². The highest BCUT2D eigenvalue weighted by atomic mass is 79.9. The van der Waals surface area contributed by atoms with Crippen molar-refractivity contribution in [3.05, 3.63) is 87.9 Å². The van der Waals surface area contributed by atoms with Crippen LogP contribution in [0.15, 0.2) is 62.9 Å². The molecule has 1 atom stereocenters. The molecule has 0 fully saturated rings. The molecule has 0 aliphatic carbocycles. The Hall–Kier alpha value is -0.800. The van der Waals surface area contributed by atoms with E-state index in [-0.39, 0.29) is 0 Å². The Bertz CT molecular complexity index is 1410. The number of aryl methyl sites for hydroxylation is 1. The van der Waals surface area contributed by atoms with Gasteiger partial charge >= 0.3 is 0 Å². The van der Waals surface area contributed by atoms with Gasteiger partial charge < -0.3 is 5.11 Å². The Kier molecular flexibility index (Phi) is 9.78. The molecular formula is C30H30Br2OS4. The van der Waals surface area contributed by atoms with Crippen molar-refractivity contribution < 1.29 is 5.11 Å². The zero-order chi connectivity index (χ0) is 25.8. The Morgan fingerprint density at radius 3 is 2.30 bits per heavy atom. The lowest BCUT2D eigenvalue weighted by Gasteiger charge is -2.06. The van der Waals surface area contributed by atoms with E-state index < -0.39 is 6.10 Å². The fourth-order valence-electron chi connectivity index (χ4n) is 4.53. The number of thiophene rings is 4. The SMILES string of the molecule is CCCCCCCCc1ccc(-c2cc(Br)c(Cc3cc4sc(C(O)c5sccc5Br)cc4s3)s2)cc1. The van der Waals surface area contributed by atoms with Gasteiger partial charge in [-0.15, -0.1) is 45.3 Å². The third kappa shape index (κ3) is 6.86. The number of fused-ring (bicyclic) bond motifs is 1. The van der Waals surface area contributed by atoms with E-state index >= 15 is 0 Å². The summed E-state index contributed by atoms with van der Waals surface area (Å²) in [6, 6.07) is 17.9. The van der Waals surface area contributed by atoms with E-state index in [0.29, 0.717) is 0 Å². The van der Waals surface area contributed by atoms with Crippen molar-refractivity contribution in [1.29, 1.82) is 0 Å². The van der Waals surface area contributed by atoms with Crippen molar-refractivity contribution in [3.8, 4) is 10.4 Å². The molecule has 4 aromatic heterocycles. The highest BCUT2D eigenvalue weighted by Crippen LogP contribution is 2.42. The smallest absolute Gasteiger partial charge is 0.123 e. The number of aliphatic hydroxyl groups excluding tert-OH is 1. The minimum Gasteiger partial charge on any atom is -0.382 e. The van der Waals surface area contributed by atoms with Crippen molar-refractivity contribution in [1.82, 2.24) is 0 Å². The Balaban J connectivity index is 1.21. The molecule has 1 aromatic carbocycles. The molecule has 0 aliphatic rings. The number of unbranched alkanes of at least 4 members (excludes halogenated alkanes) is 5. The van der Waals surface area contributed by atoms with Crippen molar-refractivity contribution >= 4 is 86.6 Å². The molecule has 4 heterocycles. The number of hydrogen-bond donors (Lipinski definition) is 1. The van der Waals surface area contributed by atoms with Gasteiger partial charge in [0.25, 0.3) is 0 Å². The number of aliphatic hydroxyl groups is 1. The van der Waals surface area contributed by atoms with E-state index in [2.05, 4.69) is 81.2 Å². The lowest BCUT2D eigenvalue weighted by atomic mass is 10.0. The van der Waals surface area contributed by atoms with Crippen LogP contribution in [0.2, 0.25) is 0 Å². The van der Waals surface area contributed by atoms with Gasteiger partial charge in [-0.3, -0.25) is 0 Å². The quantitative estimate of drug-likeness (QED) is 0.129. The molecule has 0 spiro atoms. The topological polar surface area (TPSA) is 20.2 Å². The van der Waals surface area contributed by atoms with Gasteiger partial charge in [-0.25, -0.2) is 0 Å². The fourth-order valence-corrected chi connectivity index (χ4v) is 10.6. The van der Waals surface area contributed by atoms with Crippen molar-refractivity contribution in [2.45, 2.75) is 64.4 Å². The maximum absolute atomic E-state index is 10.8. The molecule has 0 amide bonds. The minimum atomic E-state index is -0.561. The largest absolute Gasteiger partial charge is 0.382 e. The predicted molar refractivity (Wildman–Crippen MR) is 173 cm³/mol. The number of benzene rings is 1. The van der Waals surface area contributed by atoms with Gasteiger partial charge in [0.2, 0.25) is 0 Å². The Labute approximate surface area is 252 Å². The molecule has 5 rings (SSSR count). The van der Waals surface area contributed by atoms with E-state index in [9.17, 15) is 5.11 Å². The summed E-state index contributed by atoms with van der Waals surface area (Å²) < 4.78 is 4.69. The molecule has 1 N–H and O–H groups in total. The van der Waals surface area contributed by atoms with E-state index in [1.165, 1.54) is 84.6 Å². The standard InChI is InChI=1S/C30H30Br2OS4/c1-2-3-4-5-6-7-8-19-9-11-20(12-10-19)24-17-23(32)25(36-24)15-21-16-26-27(35-21)18-28(37-26)29(33)30-22(31)13-14-34-30/h9-14,16-18,29,33H,2-8,15H2,1H3. The van der Waals surface area contributed by atoms with Crippen LogP contribution in [-0.4, -0.2) is 5.11 Å². The molecular weight excluding hydrogens is 664 g/mol. The first-order valence-electron chi connectivity index (χ1n) is 12.8. The lowest BCUT2D eigenvalue weighted by molar-refractivity contribution is 0.227. The first kappa shape index (κ1) is 27.8. The van der Waals surface area contributed by atoms with Crippen LogP contribution in [0, 0.1) is 0 Å². The molecule has 1 nitrogen and oxygen atoms in total. The second kappa shape index (κ2) is 13.0. The van der Waals surface area contributed by atoms with Gasteiger partial charge in [0.1, 0.15) is 6.10 Å². The van der Waals surface area contributed by atoms with Gasteiger partial charge in [0.15, 0.2) is 0 Å². The van der Waals surface area contributed by atoms with Crippen LogP contribution in [0.25, 0.3) is 19.8 Å². The minimum absolute atomic E-state index is 0.561. The molecule has 0 aliphatic heterocycles. The summed E-state index contributed by atoms with van der Waals surface area (Å²) in [5, 5.41) is 12.8. The lowest BCUT2D eigenvalue weighted by Crippen LogP contribution is -1.93. The first-order valence-corrected chi connectivity index (χ1v) is 17.7. The molecule has 0 bridgehead atoms. The third-order valence-electron chi connectivity index (χ3n) is 6.59. The molecule has 7 heteroatoms. The molecule has 37 heavy (non-hydrogen) atoms. The van der Waals surface area contributed by atoms with Crippen molar-refractivity contribution in [2.75, 3.05) is 0 Å². The second-order valence-electron chi connectivity index (χ2n) is 9.40. The molecule has 194 valence electrons. The zero-order valence-electron chi connectivity index (χ0n) is 20.8. The molecule has 0 saturated heterocycles. The normalized spacial score (nSPS) is 12.5. The predicted octanol–water partition coefficient (Wildman–Crippen LogP) is 11.9. The van der Waals surface area contributed by atoms with Gasteiger partial charge in [0, 0.05) is 44.3 Å². The summed E-state index contributed by atoms with van der Waals surface area (Å²) >= 11 is 14.4. The van der Waals surface area contributed by atoms with Crippen molar-refractivity contribution in [3.63, 3.8) is 0 Å². The van der Waals surface area contributed by atoms with E-state index in [0.717, 1.165) is 20.6 Å². The summed E-state index contributed by atoms with van der Waals surface area (Å²) in [6.45, 7) is 2.27. The molecule has 0 radical (unpaired) electrons. The van der Waals surface area contributed by atoms with Crippen molar-refractivity contribution in [2.24, 2.45) is 0 Å². The van der Waals surface area contributed by atoms with Crippen LogP contribution in [0.1, 0.15) is 76.6 Å². The second-order valence-corrected chi connectivity index (χ2v) is 15.5. The van der Waals surface area contributed by atoms with E-state index in [1.54, 1.807) is 22.7 Å². The van der Waals surface area contributed by atoms with Crippen LogP contribution in [-0.2, 0) is 12.8 Å². The maximum Gasteiger partial charge on any atom is 0.123 e.